The van der Waals surface area contributed by atoms with Crippen molar-refractivity contribution >= 4 is 44.8 Å². The lowest BCUT2D eigenvalue weighted by Crippen LogP contribution is -2.59. The first kappa shape index (κ1) is 44.3. The molecule has 0 radical (unpaired) electrons. The number of nitrogens with zero attached hydrogens (tertiary/aromatic N) is 3. The second-order valence-corrected chi connectivity index (χ2v) is 17.3. The zero-order valence-electron chi connectivity index (χ0n) is 33.2. The van der Waals surface area contributed by atoms with Crippen LogP contribution in [0.1, 0.15) is 126 Å². The van der Waals surface area contributed by atoms with Crippen LogP contribution in [0.15, 0.2) is 29.6 Å². The molecular weight excluding hydrogens is 713 g/mol. The molecule has 1 aromatic heterocycles. The van der Waals surface area contributed by atoms with Gasteiger partial charge in [0, 0.05) is 43.7 Å². The van der Waals surface area contributed by atoms with E-state index < -0.39 is 28.1 Å². The fourth-order valence-electron chi connectivity index (χ4n) is 6.84. The highest BCUT2D eigenvalue weighted by atomic mass is 32.2. The number of carbonyl (C=O) groups is 3. The minimum Gasteiger partial charge on any atom is -0.388 e. The highest BCUT2D eigenvalue weighted by Crippen LogP contribution is 2.32. The number of aromatic nitrogens is 1. The average Bonchev–Trinajstić information content (AvgIpc) is 3.63. The summed E-state index contributed by atoms with van der Waals surface area (Å²) in [7, 11) is -0.234. The number of nitrogens with one attached hydrogen (secondary N) is 3. The molecule has 1 aliphatic rings. The molecule has 1 saturated heterocycles. The largest absolute Gasteiger partial charge is 0.388 e. The van der Waals surface area contributed by atoms with Crippen molar-refractivity contribution in [3.8, 4) is 0 Å². The van der Waals surface area contributed by atoms with Crippen LogP contribution in [0.4, 0.5) is 5.69 Å². The van der Waals surface area contributed by atoms with Gasteiger partial charge in [0.2, 0.25) is 21.8 Å². The highest BCUT2D eigenvalue weighted by Gasteiger charge is 2.38. The van der Waals surface area contributed by atoms with E-state index >= 15 is 0 Å². The van der Waals surface area contributed by atoms with E-state index in [-0.39, 0.29) is 47.2 Å². The van der Waals surface area contributed by atoms with Crippen molar-refractivity contribution in [3.05, 3.63) is 45.9 Å². The molecule has 3 amide bonds. The molecule has 298 valence electrons. The molecule has 2 aromatic rings. The van der Waals surface area contributed by atoms with Crippen LogP contribution in [0.5, 0.6) is 0 Å². The van der Waals surface area contributed by atoms with Gasteiger partial charge in [0.25, 0.3) is 5.91 Å². The van der Waals surface area contributed by atoms with Gasteiger partial charge in [-0.3, -0.25) is 19.3 Å². The standard InChI is InChI=1S/C39H64N6O6S2/c1-9-12-13-15-23-45(39(48)35(28(6)10-2)42-37(47)32-17-14-16-22-44(32)8)33(27(4)5)24-34(51-11-3)38-41-31(25-52-38)36(46)43-53(49,50)26-29-18-20-30(40-7)21-19-29/h18-21,25,27-28,32-35,40H,9-17,22-24,26H2,1-8H3,(H,42,47)(H,43,46)/t28-,32+,33+,34+,35-/m0/s1. The van der Waals surface area contributed by atoms with Crippen LogP contribution >= 0.6 is 11.3 Å². The Balaban J connectivity index is 1.86. The zero-order valence-corrected chi connectivity index (χ0v) is 34.8. The van der Waals surface area contributed by atoms with Crippen molar-refractivity contribution in [2.45, 2.75) is 129 Å². The summed E-state index contributed by atoms with van der Waals surface area (Å²) in [5.74, 6) is -1.36. The summed E-state index contributed by atoms with van der Waals surface area (Å²) in [6.07, 6.45) is 7.41. The highest BCUT2D eigenvalue weighted by molar-refractivity contribution is 7.89. The molecule has 1 fully saturated rings. The summed E-state index contributed by atoms with van der Waals surface area (Å²) >= 11 is 1.23. The summed E-state index contributed by atoms with van der Waals surface area (Å²) in [5.41, 5.74) is 1.39. The summed E-state index contributed by atoms with van der Waals surface area (Å²) in [5, 5.41) is 8.27. The van der Waals surface area contributed by atoms with E-state index in [0.717, 1.165) is 63.6 Å². The number of likely N-dealkylation sites (tertiary alicyclic amines) is 1. The first-order chi connectivity index (χ1) is 25.2. The zero-order chi connectivity index (χ0) is 39.1. The number of piperidine rings is 1. The number of hydrogen-bond donors (Lipinski definition) is 3. The van der Waals surface area contributed by atoms with E-state index in [1.165, 1.54) is 11.3 Å². The maximum absolute atomic E-state index is 14.7. The minimum atomic E-state index is -3.99. The third-order valence-electron chi connectivity index (χ3n) is 10.3. The maximum atomic E-state index is 14.7. The number of rotatable bonds is 22. The molecule has 5 atom stereocenters. The van der Waals surface area contributed by atoms with E-state index in [4.69, 9.17) is 4.74 Å². The molecule has 3 rings (SSSR count). The second kappa shape index (κ2) is 21.7. The fourth-order valence-corrected chi connectivity index (χ4v) is 8.79. The van der Waals surface area contributed by atoms with Gasteiger partial charge in [-0.2, -0.15) is 0 Å². The van der Waals surface area contributed by atoms with Gasteiger partial charge in [-0.25, -0.2) is 18.1 Å². The molecule has 1 aromatic carbocycles. The summed E-state index contributed by atoms with van der Waals surface area (Å²) in [6.45, 7) is 14.1. The van der Waals surface area contributed by atoms with Gasteiger partial charge in [-0.15, -0.1) is 11.3 Å². The maximum Gasteiger partial charge on any atom is 0.284 e. The van der Waals surface area contributed by atoms with Crippen LogP contribution in [0.25, 0.3) is 0 Å². The van der Waals surface area contributed by atoms with Gasteiger partial charge in [0.15, 0.2) is 0 Å². The molecule has 0 aliphatic carbocycles. The molecule has 0 bridgehead atoms. The number of thiazole rings is 1. The van der Waals surface area contributed by atoms with E-state index in [0.29, 0.717) is 30.1 Å². The number of sulfonamides is 1. The number of amides is 3. The molecular formula is C39H64N6O6S2. The number of ether oxygens (including phenoxy) is 1. The van der Waals surface area contributed by atoms with Gasteiger partial charge in [0.1, 0.15) is 22.8 Å². The van der Waals surface area contributed by atoms with Crippen molar-refractivity contribution < 1.29 is 27.5 Å². The molecule has 0 saturated carbocycles. The predicted molar refractivity (Wildman–Crippen MR) is 213 cm³/mol. The Bertz CT molecular complexity index is 1550. The van der Waals surface area contributed by atoms with Crippen molar-refractivity contribution in [3.63, 3.8) is 0 Å². The average molecular weight is 777 g/mol. The molecule has 14 heteroatoms. The van der Waals surface area contributed by atoms with Crippen molar-refractivity contribution in [1.29, 1.82) is 0 Å². The van der Waals surface area contributed by atoms with Crippen LogP contribution in [0, 0.1) is 11.8 Å². The van der Waals surface area contributed by atoms with Crippen LogP contribution < -0.4 is 15.4 Å². The topological polar surface area (TPSA) is 150 Å². The molecule has 2 heterocycles. The van der Waals surface area contributed by atoms with Gasteiger partial charge < -0.3 is 20.3 Å². The van der Waals surface area contributed by atoms with Crippen LogP contribution in [0.3, 0.4) is 0 Å². The number of unbranched alkanes of at least 4 members (excludes halogenated alkanes) is 3. The van der Waals surface area contributed by atoms with Gasteiger partial charge in [-0.05, 0) is 69.3 Å². The minimum absolute atomic E-state index is 0.00960. The van der Waals surface area contributed by atoms with E-state index in [9.17, 15) is 22.8 Å². The lowest BCUT2D eigenvalue weighted by Gasteiger charge is -2.40. The first-order valence-corrected chi connectivity index (χ1v) is 22.0. The third-order valence-corrected chi connectivity index (χ3v) is 12.4. The normalized spacial score (nSPS) is 17.5. The summed E-state index contributed by atoms with van der Waals surface area (Å²) in [6, 6.07) is 5.77. The molecule has 12 nitrogen and oxygen atoms in total. The lowest BCUT2D eigenvalue weighted by molar-refractivity contribution is -0.143. The Hall–Kier alpha value is -3.07. The summed E-state index contributed by atoms with van der Waals surface area (Å²) in [4.78, 5) is 50.2. The molecule has 0 spiro atoms. The van der Waals surface area contributed by atoms with Crippen LogP contribution in [-0.2, 0) is 30.1 Å². The summed E-state index contributed by atoms with van der Waals surface area (Å²) < 4.78 is 34.2. The number of likely N-dealkylation sites (N-methyl/N-ethyl adjacent to an activating group) is 1. The van der Waals surface area contributed by atoms with Crippen molar-refractivity contribution in [1.82, 2.24) is 24.8 Å². The smallest absolute Gasteiger partial charge is 0.284 e. The third kappa shape index (κ3) is 13.3. The van der Waals surface area contributed by atoms with E-state index in [1.807, 2.05) is 32.7 Å². The molecule has 0 unspecified atom stereocenters. The second-order valence-electron chi connectivity index (χ2n) is 14.7. The Morgan fingerprint density at radius 2 is 1.77 bits per heavy atom. The van der Waals surface area contributed by atoms with E-state index in [2.05, 4.69) is 46.0 Å². The van der Waals surface area contributed by atoms with Gasteiger partial charge in [-0.1, -0.05) is 78.9 Å². The number of anilines is 1. The monoisotopic (exact) mass is 776 g/mol. The Morgan fingerprint density at radius 1 is 1.06 bits per heavy atom. The Morgan fingerprint density at radius 3 is 2.38 bits per heavy atom. The lowest BCUT2D eigenvalue weighted by atomic mass is 9.91. The quantitative estimate of drug-likeness (QED) is 0.116. The Kier molecular flexibility index (Phi) is 18.2. The van der Waals surface area contributed by atoms with E-state index in [1.54, 1.807) is 36.7 Å². The molecule has 53 heavy (non-hydrogen) atoms. The van der Waals surface area contributed by atoms with Crippen molar-refractivity contribution in [2.24, 2.45) is 11.8 Å². The van der Waals surface area contributed by atoms with Crippen molar-refractivity contribution in [2.75, 3.05) is 39.1 Å². The molecule has 3 N–H and O–H groups in total. The Labute approximate surface area is 322 Å². The van der Waals surface area contributed by atoms with Crippen LogP contribution in [-0.4, -0.2) is 92.8 Å². The van der Waals surface area contributed by atoms with Crippen LogP contribution in [0.2, 0.25) is 0 Å². The number of benzene rings is 1. The number of hydrogen-bond acceptors (Lipinski definition) is 10. The fraction of sp³-hybridized carbons (Fsp3) is 0.692. The van der Waals surface area contributed by atoms with Gasteiger partial charge >= 0.3 is 0 Å². The SMILES string of the molecule is CCCCCCN(C(=O)[C@@H](NC(=O)[C@H]1CCCCN1C)[C@@H](C)CC)[C@H](C[C@@H](OCC)c1nc(C(=O)NS(=O)(=O)Cc2ccc(NC)cc2)cs1)C(C)C. The predicted octanol–water partition coefficient (Wildman–Crippen LogP) is 6.36. The van der Waals surface area contributed by atoms with Gasteiger partial charge in [0.05, 0.1) is 11.8 Å². The molecule has 1 aliphatic heterocycles. The number of carbonyl (C=O) groups excluding carboxylic acids is 3. The first-order valence-electron chi connectivity index (χ1n) is 19.4.